The van der Waals surface area contributed by atoms with Crippen LogP contribution in [0.4, 0.5) is 0 Å². The molecule has 2 heterocycles. The van der Waals surface area contributed by atoms with Gasteiger partial charge in [-0.25, -0.2) is 4.79 Å². The Morgan fingerprint density at radius 1 is 1.28 bits per heavy atom. The Morgan fingerprint density at radius 3 is 2.78 bits per heavy atom. The van der Waals surface area contributed by atoms with E-state index >= 15 is 0 Å². The summed E-state index contributed by atoms with van der Waals surface area (Å²) in [5, 5.41) is 3.91. The largest absolute Gasteiger partial charge is 0.493 e. The van der Waals surface area contributed by atoms with E-state index in [4.69, 9.17) is 23.5 Å². The minimum atomic E-state index is -0.600. The summed E-state index contributed by atoms with van der Waals surface area (Å²) >= 11 is 0. The standard InChI is InChI=1S/C23H28N2O7/c1-15-12-25(9-10-29-15)22(26)14-31-23(27)8-6-18-5-7-20(21(11-18)28-4)30-13-19-16(2)24-32-17(19)3/h5-8,11,15H,9-10,12-14H2,1-4H3/b8-6+. The average molecular weight is 444 g/mol. The highest BCUT2D eigenvalue weighted by atomic mass is 16.5. The zero-order valence-electron chi connectivity index (χ0n) is 18.8. The maximum atomic E-state index is 12.2. The summed E-state index contributed by atoms with van der Waals surface area (Å²) in [6, 6.07) is 5.28. The quantitative estimate of drug-likeness (QED) is 0.453. The third-order valence-corrected chi connectivity index (χ3v) is 5.08. The Balaban J connectivity index is 1.53. The molecule has 0 aliphatic carbocycles. The lowest BCUT2D eigenvalue weighted by Gasteiger charge is -2.30. The number of amides is 1. The molecule has 172 valence electrons. The lowest BCUT2D eigenvalue weighted by molar-refractivity contribution is -0.151. The van der Waals surface area contributed by atoms with Crippen LogP contribution in [0.5, 0.6) is 11.5 Å². The first-order chi connectivity index (χ1) is 15.4. The number of carbonyl (C=O) groups excluding carboxylic acids is 2. The zero-order valence-corrected chi connectivity index (χ0v) is 18.8. The first-order valence-electron chi connectivity index (χ1n) is 10.3. The van der Waals surface area contributed by atoms with Crippen molar-refractivity contribution in [2.45, 2.75) is 33.5 Å². The molecule has 1 saturated heterocycles. The van der Waals surface area contributed by atoms with Gasteiger partial charge in [0.25, 0.3) is 5.91 Å². The van der Waals surface area contributed by atoms with Crippen molar-refractivity contribution in [1.82, 2.24) is 10.1 Å². The summed E-state index contributed by atoms with van der Waals surface area (Å²) in [4.78, 5) is 25.8. The number of hydrogen-bond donors (Lipinski definition) is 0. The van der Waals surface area contributed by atoms with Gasteiger partial charge in [0.15, 0.2) is 18.1 Å². The smallest absolute Gasteiger partial charge is 0.331 e. The Kier molecular flexibility index (Phi) is 7.88. The first-order valence-corrected chi connectivity index (χ1v) is 10.3. The van der Waals surface area contributed by atoms with Crippen LogP contribution in [-0.2, 0) is 25.7 Å². The molecule has 0 N–H and O–H groups in total. The van der Waals surface area contributed by atoms with Crippen molar-refractivity contribution >= 4 is 18.0 Å². The van der Waals surface area contributed by atoms with Gasteiger partial charge in [0.05, 0.1) is 31.1 Å². The fourth-order valence-electron chi connectivity index (χ4n) is 3.25. The second-order valence-electron chi connectivity index (χ2n) is 7.46. The normalized spacial score (nSPS) is 16.2. The summed E-state index contributed by atoms with van der Waals surface area (Å²) < 4.78 is 26.9. The minimum Gasteiger partial charge on any atom is -0.493 e. The Morgan fingerprint density at radius 2 is 2.09 bits per heavy atom. The van der Waals surface area contributed by atoms with Gasteiger partial charge in [-0.1, -0.05) is 11.2 Å². The molecule has 1 amide bonds. The molecule has 32 heavy (non-hydrogen) atoms. The SMILES string of the molecule is COc1cc(/C=C/C(=O)OCC(=O)N2CCOC(C)C2)ccc1OCc1c(C)noc1C. The minimum absolute atomic E-state index is 0.0189. The van der Waals surface area contributed by atoms with Crippen molar-refractivity contribution in [3.8, 4) is 11.5 Å². The molecular formula is C23H28N2O7. The molecule has 1 aliphatic heterocycles. The summed E-state index contributed by atoms with van der Waals surface area (Å²) in [6.45, 7) is 7.07. The fraction of sp³-hybridized carbons (Fsp3) is 0.435. The van der Waals surface area contributed by atoms with E-state index in [1.165, 1.54) is 13.2 Å². The molecule has 9 nitrogen and oxygen atoms in total. The number of nitrogens with zero attached hydrogens (tertiary/aromatic N) is 2. The molecule has 0 radical (unpaired) electrons. The monoisotopic (exact) mass is 444 g/mol. The average Bonchev–Trinajstić information content (AvgIpc) is 3.11. The van der Waals surface area contributed by atoms with Gasteiger partial charge in [0.2, 0.25) is 0 Å². The van der Waals surface area contributed by atoms with Crippen LogP contribution in [0.2, 0.25) is 0 Å². The summed E-state index contributed by atoms with van der Waals surface area (Å²) in [5.74, 6) is 0.948. The van der Waals surface area contributed by atoms with Gasteiger partial charge in [0.1, 0.15) is 12.4 Å². The number of aromatic nitrogens is 1. The van der Waals surface area contributed by atoms with E-state index in [0.717, 1.165) is 16.8 Å². The molecular weight excluding hydrogens is 416 g/mol. The van der Waals surface area contributed by atoms with E-state index in [9.17, 15) is 9.59 Å². The molecule has 0 spiro atoms. The number of carbonyl (C=O) groups is 2. The van der Waals surface area contributed by atoms with Crippen LogP contribution in [0.25, 0.3) is 6.08 Å². The van der Waals surface area contributed by atoms with Crippen molar-refractivity contribution in [3.05, 3.63) is 46.9 Å². The number of aryl methyl sites for hydroxylation is 2. The predicted octanol–water partition coefficient (Wildman–Crippen LogP) is 2.68. The van der Waals surface area contributed by atoms with Crippen molar-refractivity contribution < 1.29 is 33.1 Å². The highest BCUT2D eigenvalue weighted by Gasteiger charge is 2.22. The number of benzene rings is 1. The molecule has 1 aliphatic rings. The second-order valence-corrected chi connectivity index (χ2v) is 7.46. The van der Waals surface area contributed by atoms with Crippen molar-refractivity contribution in [3.63, 3.8) is 0 Å². The van der Waals surface area contributed by atoms with Crippen LogP contribution in [-0.4, -0.2) is 61.5 Å². The predicted molar refractivity (Wildman–Crippen MR) is 115 cm³/mol. The summed E-state index contributed by atoms with van der Waals surface area (Å²) in [5.41, 5.74) is 2.39. The van der Waals surface area contributed by atoms with Gasteiger partial charge in [-0.05, 0) is 44.5 Å². The van der Waals surface area contributed by atoms with Gasteiger partial charge in [-0.3, -0.25) is 4.79 Å². The molecule has 9 heteroatoms. The van der Waals surface area contributed by atoms with E-state index in [2.05, 4.69) is 5.16 Å². The second kappa shape index (κ2) is 10.8. The molecule has 1 aromatic heterocycles. The van der Waals surface area contributed by atoms with Crippen molar-refractivity contribution in [2.24, 2.45) is 0 Å². The molecule has 0 bridgehead atoms. The molecule has 1 aromatic carbocycles. The Bertz CT molecular complexity index is 963. The van der Waals surface area contributed by atoms with E-state index in [0.29, 0.717) is 43.6 Å². The molecule has 3 rings (SSSR count). The van der Waals surface area contributed by atoms with Crippen LogP contribution in [0.3, 0.4) is 0 Å². The van der Waals surface area contributed by atoms with Crippen molar-refractivity contribution in [1.29, 1.82) is 0 Å². The highest BCUT2D eigenvalue weighted by Crippen LogP contribution is 2.30. The van der Waals surface area contributed by atoms with Gasteiger partial charge < -0.3 is 28.4 Å². The third-order valence-electron chi connectivity index (χ3n) is 5.08. The number of morpholine rings is 1. The number of ether oxygens (including phenoxy) is 4. The highest BCUT2D eigenvalue weighted by molar-refractivity contribution is 5.89. The van der Waals surface area contributed by atoms with E-state index in [-0.39, 0.29) is 18.6 Å². The van der Waals surface area contributed by atoms with Crippen LogP contribution in [0.15, 0.2) is 28.8 Å². The maximum Gasteiger partial charge on any atom is 0.331 e. The maximum absolute atomic E-state index is 12.2. The summed E-state index contributed by atoms with van der Waals surface area (Å²) in [6.07, 6.45) is 2.84. The Hall–Kier alpha value is -3.33. The van der Waals surface area contributed by atoms with E-state index in [1.54, 1.807) is 29.2 Å². The van der Waals surface area contributed by atoms with Crippen LogP contribution in [0, 0.1) is 13.8 Å². The number of esters is 1. The lowest BCUT2D eigenvalue weighted by atomic mass is 10.2. The Labute approximate surface area is 186 Å². The molecule has 2 aromatic rings. The van der Waals surface area contributed by atoms with Gasteiger partial charge in [0, 0.05) is 19.2 Å². The zero-order chi connectivity index (χ0) is 23.1. The molecule has 0 saturated carbocycles. The lowest BCUT2D eigenvalue weighted by Crippen LogP contribution is -2.46. The molecule has 1 atom stereocenters. The van der Waals surface area contributed by atoms with E-state index in [1.807, 2.05) is 20.8 Å². The third kappa shape index (κ3) is 6.10. The molecule has 1 fully saturated rings. The van der Waals surface area contributed by atoms with Gasteiger partial charge >= 0.3 is 5.97 Å². The first kappa shape index (κ1) is 23.3. The van der Waals surface area contributed by atoms with Gasteiger partial charge in [-0.2, -0.15) is 0 Å². The molecule has 1 unspecified atom stereocenters. The fourth-order valence-corrected chi connectivity index (χ4v) is 3.25. The van der Waals surface area contributed by atoms with Crippen molar-refractivity contribution in [2.75, 3.05) is 33.4 Å². The van der Waals surface area contributed by atoms with E-state index < -0.39 is 5.97 Å². The van der Waals surface area contributed by atoms with Crippen LogP contribution in [0.1, 0.15) is 29.5 Å². The van der Waals surface area contributed by atoms with Crippen LogP contribution >= 0.6 is 0 Å². The summed E-state index contributed by atoms with van der Waals surface area (Å²) in [7, 11) is 1.54. The number of methoxy groups -OCH3 is 1. The van der Waals surface area contributed by atoms with Gasteiger partial charge in [-0.15, -0.1) is 0 Å². The number of rotatable bonds is 8. The topological polar surface area (TPSA) is 100 Å². The van der Waals surface area contributed by atoms with Crippen LogP contribution < -0.4 is 9.47 Å². The number of hydrogen-bond acceptors (Lipinski definition) is 8.